The number of rotatable bonds is 7. The number of fused-ring (bicyclic) bond motifs is 4. The van der Waals surface area contributed by atoms with E-state index in [1.54, 1.807) is 11.8 Å². The summed E-state index contributed by atoms with van der Waals surface area (Å²) in [6.07, 6.45) is 10.9. The number of methoxy groups -OCH3 is 1. The van der Waals surface area contributed by atoms with Crippen LogP contribution >= 0.6 is 11.8 Å². The van der Waals surface area contributed by atoms with Crippen molar-refractivity contribution in [2.75, 3.05) is 19.9 Å². The average molecular weight is 421 g/mol. The Morgan fingerprint density at radius 1 is 1.24 bits per heavy atom. The zero-order chi connectivity index (χ0) is 20.6. The summed E-state index contributed by atoms with van der Waals surface area (Å²) >= 11 is 1.56. The lowest BCUT2D eigenvalue weighted by atomic mass is 9.52. The molecule has 0 radical (unpaired) electrons. The van der Waals surface area contributed by atoms with Gasteiger partial charge in [0.05, 0.1) is 17.8 Å². The van der Waals surface area contributed by atoms with Crippen molar-refractivity contribution >= 4 is 29.6 Å². The van der Waals surface area contributed by atoms with Crippen LogP contribution in [0.2, 0.25) is 0 Å². The van der Waals surface area contributed by atoms with Gasteiger partial charge in [-0.25, -0.2) is 9.79 Å². The second kappa shape index (κ2) is 7.85. The van der Waals surface area contributed by atoms with Gasteiger partial charge in [-0.3, -0.25) is 9.69 Å². The third-order valence-electron chi connectivity index (χ3n) is 7.44. The van der Waals surface area contributed by atoms with Gasteiger partial charge in [-0.05, 0) is 63.0 Å². The van der Waals surface area contributed by atoms with Crippen molar-refractivity contribution in [1.29, 1.82) is 0 Å². The molecule has 2 aliphatic heterocycles. The van der Waals surface area contributed by atoms with Crippen LogP contribution in [0.4, 0.5) is 4.79 Å². The molecule has 1 unspecified atom stereocenters. The van der Waals surface area contributed by atoms with Crippen molar-refractivity contribution in [2.45, 2.75) is 70.9 Å². The molecule has 0 aromatic carbocycles. The first-order valence-corrected chi connectivity index (χ1v) is 12.0. The number of amides is 2. The Morgan fingerprint density at radius 3 is 2.52 bits per heavy atom. The summed E-state index contributed by atoms with van der Waals surface area (Å²) in [5.74, 6) is 0.973. The Balaban J connectivity index is 1.52. The van der Waals surface area contributed by atoms with E-state index in [4.69, 9.17) is 9.73 Å². The maximum absolute atomic E-state index is 12.6. The number of ether oxygens (including phenoxy) is 1. The van der Waals surface area contributed by atoms with Crippen molar-refractivity contribution in [3.8, 4) is 0 Å². The standard InChI is InChI=1S/C21H32N4O3S/c1-4-13-25-16-15(17(29-3)24-19(25)27)22-18(23-16)21-10-7-20(8-11-21,9-12-21)6-5-14(26)28-2/h16H,4-13H2,1-3H3,(H,22,23)(H,24,27). The molecular formula is C21H32N4O3S. The minimum atomic E-state index is -0.219. The quantitative estimate of drug-likeness (QED) is 0.615. The first kappa shape index (κ1) is 20.6. The lowest BCUT2D eigenvalue weighted by molar-refractivity contribution is -0.141. The van der Waals surface area contributed by atoms with Crippen molar-refractivity contribution in [3.63, 3.8) is 0 Å². The lowest BCUT2D eigenvalue weighted by Crippen LogP contribution is -2.52. The zero-order valence-corrected chi connectivity index (χ0v) is 18.5. The molecule has 7 nitrogen and oxygen atoms in total. The molecule has 0 saturated heterocycles. The second-order valence-corrected chi connectivity index (χ2v) is 9.72. The van der Waals surface area contributed by atoms with Crippen LogP contribution in [0.25, 0.3) is 0 Å². The number of hydrogen-bond acceptors (Lipinski definition) is 6. The number of nitrogens with one attached hydrogen (secondary N) is 2. The van der Waals surface area contributed by atoms with Crippen LogP contribution in [0.1, 0.15) is 64.7 Å². The van der Waals surface area contributed by atoms with E-state index in [-0.39, 0.29) is 29.0 Å². The van der Waals surface area contributed by atoms with Gasteiger partial charge in [0.25, 0.3) is 0 Å². The SMILES string of the molecule is CCCN1C(=O)NC(SC)=C2NC(C34CCC(CCC(=O)OC)(CC3)CC4)=NC21. The smallest absolute Gasteiger partial charge is 0.324 e. The molecule has 2 heterocycles. The highest BCUT2D eigenvalue weighted by Gasteiger charge is 2.53. The molecule has 0 aromatic heterocycles. The maximum Gasteiger partial charge on any atom is 0.324 e. The minimum Gasteiger partial charge on any atom is -0.469 e. The van der Waals surface area contributed by atoms with Crippen molar-refractivity contribution < 1.29 is 14.3 Å². The van der Waals surface area contributed by atoms with Crippen LogP contribution in [0, 0.1) is 10.8 Å². The van der Waals surface area contributed by atoms with Gasteiger partial charge >= 0.3 is 12.0 Å². The molecule has 2 amide bonds. The Bertz CT molecular complexity index is 738. The maximum atomic E-state index is 12.6. The molecule has 2 N–H and O–H groups in total. The van der Waals surface area contributed by atoms with Gasteiger partial charge in [0.2, 0.25) is 0 Å². The van der Waals surface area contributed by atoms with Crippen LogP contribution in [-0.2, 0) is 9.53 Å². The van der Waals surface area contributed by atoms with E-state index in [1.807, 2.05) is 11.2 Å². The van der Waals surface area contributed by atoms with E-state index in [9.17, 15) is 9.59 Å². The van der Waals surface area contributed by atoms with Crippen LogP contribution in [-0.4, -0.2) is 48.8 Å². The molecule has 1 atom stereocenters. The summed E-state index contributed by atoms with van der Waals surface area (Å²) in [6.45, 7) is 2.78. The van der Waals surface area contributed by atoms with E-state index in [2.05, 4.69) is 17.6 Å². The fraction of sp³-hybridized carbons (Fsp3) is 0.762. The number of aliphatic imine (C=N–C) groups is 1. The molecule has 3 aliphatic carbocycles. The fourth-order valence-electron chi connectivity index (χ4n) is 5.52. The van der Waals surface area contributed by atoms with Gasteiger partial charge < -0.3 is 15.4 Å². The van der Waals surface area contributed by atoms with E-state index in [0.717, 1.165) is 67.9 Å². The fourth-order valence-corrected chi connectivity index (χ4v) is 6.08. The molecule has 5 rings (SSSR count). The molecular weight excluding hydrogens is 388 g/mol. The molecule has 0 spiro atoms. The van der Waals surface area contributed by atoms with Gasteiger partial charge in [0, 0.05) is 18.4 Å². The van der Waals surface area contributed by atoms with E-state index < -0.39 is 0 Å². The molecule has 5 aliphatic rings. The molecule has 160 valence electrons. The van der Waals surface area contributed by atoms with Crippen LogP contribution < -0.4 is 10.6 Å². The Hall–Kier alpha value is -1.70. The minimum absolute atomic E-state index is 0.0524. The normalized spacial score (nSPS) is 33.2. The molecule has 2 bridgehead atoms. The third-order valence-corrected chi connectivity index (χ3v) is 8.17. The average Bonchev–Trinajstić information content (AvgIpc) is 3.21. The summed E-state index contributed by atoms with van der Waals surface area (Å²) in [5, 5.41) is 7.55. The highest BCUT2D eigenvalue weighted by Crippen LogP contribution is 2.59. The number of urea groups is 1. The number of carbonyl (C=O) groups is 2. The van der Waals surface area contributed by atoms with Crippen molar-refractivity contribution in [1.82, 2.24) is 15.5 Å². The van der Waals surface area contributed by atoms with Gasteiger partial charge in [-0.15, -0.1) is 11.8 Å². The van der Waals surface area contributed by atoms with Crippen LogP contribution in [0.3, 0.4) is 0 Å². The Kier molecular flexibility index (Phi) is 5.57. The number of nitrogens with zero attached hydrogens (tertiary/aromatic N) is 2. The lowest BCUT2D eigenvalue weighted by Gasteiger charge is -2.53. The molecule has 0 aromatic rings. The van der Waals surface area contributed by atoms with Gasteiger partial charge in [0.15, 0.2) is 6.17 Å². The first-order valence-electron chi connectivity index (χ1n) is 10.7. The van der Waals surface area contributed by atoms with Gasteiger partial charge in [-0.2, -0.15) is 0 Å². The van der Waals surface area contributed by atoms with E-state index in [1.165, 1.54) is 7.11 Å². The van der Waals surface area contributed by atoms with Crippen LogP contribution in [0.15, 0.2) is 15.7 Å². The van der Waals surface area contributed by atoms with Crippen LogP contribution in [0.5, 0.6) is 0 Å². The summed E-state index contributed by atoms with van der Waals surface area (Å²) < 4.78 is 4.84. The molecule has 3 fully saturated rings. The summed E-state index contributed by atoms with van der Waals surface area (Å²) in [6, 6.07) is -0.0524. The number of carbonyl (C=O) groups excluding carboxylic acids is 2. The number of esters is 1. The second-order valence-electron chi connectivity index (χ2n) is 8.90. The molecule has 8 heteroatoms. The largest absolute Gasteiger partial charge is 0.469 e. The summed E-state index contributed by atoms with van der Waals surface area (Å²) in [4.78, 5) is 31.1. The zero-order valence-electron chi connectivity index (χ0n) is 17.7. The van der Waals surface area contributed by atoms with Crippen molar-refractivity contribution in [3.05, 3.63) is 10.7 Å². The van der Waals surface area contributed by atoms with Crippen molar-refractivity contribution in [2.24, 2.45) is 15.8 Å². The first-order chi connectivity index (χ1) is 14.0. The summed E-state index contributed by atoms with van der Waals surface area (Å²) in [5.41, 5.74) is 1.40. The summed E-state index contributed by atoms with van der Waals surface area (Å²) in [7, 11) is 1.47. The number of amidine groups is 1. The number of thioether (sulfide) groups is 1. The number of hydrogen-bond donors (Lipinski definition) is 2. The monoisotopic (exact) mass is 420 g/mol. The predicted octanol–water partition coefficient (Wildman–Crippen LogP) is 3.58. The highest BCUT2D eigenvalue weighted by molar-refractivity contribution is 8.02. The van der Waals surface area contributed by atoms with Gasteiger partial charge in [-0.1, -0.05) is 6.92 Å². The van der Waals surface area contributed by atoms with Gasteiger partial charge in [0.1, 0.15) is 5.84 Å². The third kappa shape index (κ3) is 3.53. The topological polar surface area (TPSA) is 83.0 Å². The van der Waals surface area contributed by atoms with E-state index >= 15 is 0 Å². The molecule has 3 saturated carbocycles. The van der Waals surface area contributed by atoms with E-state index in [0.29, 0.717) is 13.0 Å². The highest BCUT2D eigenvalue weighted by atomic mass is 32.2. The Labute approximate surface area is 177 Å². The molecule has 29 heavy (non-hydrogen) atoms. The Morgan fingerprint density at radius 2 is 1.93 bits per heavy atom. The predicted molar refractivity (Wildman–Crippen MR) is 114 cm³/mol.